The molecular formula is C16H18N2O5S. The van der Waals surface area contributed by atoms with Gasteiger partial charge in [-0.2, -0.15) is 0 Å². The highest BCUT2D eigenvalue weighted by Crippen LogP contribution is 2.27. The smallest absolute Gasteiger partial charge is 0.335 e. The number of likely N-dealkylation sites (tertiary alicyclic amines) is 1. The number of carbonyl (C=O) groups excluding carboxylic acids is 1. The van der Waals surface area contributed by atoms with E-state index in [1.54, 1.807) is 11.8 Å². The van der Waals surface area contributed by atoms with Crippen molar-refractivity contribution in [2.45, 2.75) is 31.8 Å². The molecule has 1 amide bonds. The molecule has 2 N–H and O–H groups in total. The van der Waals surface area contributed by atoms with Gasteiger partial charge < -0.3 is 19.5 Å². The number of piperidine rings is 1. The molecule has 1 aliphatic rings. The molecule has 0 bridgehead atoms. The van der Waals surface area contributed by atoms with Crippen LogP contribution in [0, 0.1) is 6.92 Å². The zero-order chi connectivity index (χ0) is 17.3. The largest absolute Gasteiger partial charge is 0.479 e. The molecule has 24 heavy (non-hydrogen) atoms. The molecule has 1 fully saturated rings. The van der Waals surface area contributed by atoms with Crippen LogP contribution in [0.25, 0.3) is 10.8 Å². The van der Waals surface area contributed by atoms with Crippen LogP contribution in [0.2, 0.25) is 0 Å². The number of amides is 1. The van der Waals surface area contributed by atoms with Gasteiger partial charge in [0.2, 0.25) is 11.8 Å². The highest BCUT2D eigenvalue weighted by molar-refractivity contribution is 7.13. The number of aryl methyl sites for hydroxylation is 1. The Labute approximate surface area is 142 Å². The van der Waals surface area contributed by atoms with Crippen LogP contribution < -0.4 is 0 Å². The maximum absolute atomic E-state index is 12.4. The molecule has 0 atom stereocenters. The molecule has 8 heteroatoms. The molecule has 0 radical (unpaired) electrons. The first-order valence-electron chi connectivity index (χ1n) is 7.63. The van der Waals surface area contributed by atoms with E-state index in [-0.39, 0.29) is 38.3 Å². The fourth-order valence-electron chi connectivity index (χ4n) is 2.69. The number of rotatable bonds is 4. The lowest BCUT2D eigenvalue weighted by Crippen LogP contribution is -2.51. The number of aliphatic carboxylic acids is 1. The Kier molecular flexibility index (Phi) is 4.42. The van der Waals surface area contributed by atoms with Crippen molar-refractivity contribution < 1.29 is 24.2 Å². The number of aromatic nitrogens is 1. The molecule has 0 aliphatic carbocycles. The molecule has 0 spiro atoms. The van der Waals surface area contributed by atoms with Crippen LogP contribution in [0.5, 0.6) is 0 Å². The summed E-state index contributed by atoms with van der Waals surface area (Å²) in [4.78, 5) is 30.3. The van der Waals surface area contributed by atoms with Crippen molar-refractivity contribution in [2.75, 3.05) is 13.1 Å². The normalized spacial score (nSPS) is 17.0. The summed E-state index contributed by atoms with van der Waals surface area (Å²) in [5.74, 6) is -0.269. The topological polar surface area (TPSA) is 104 Å². The minimum Gasteiger partial charge on any atom is -0.479 e. The van der Waals surface area contributed by atoms with Crippen LogP contribution in [0.4, 0.5) is 0 Å². The number of carboxylic acids is 1. The zero-order valence-electron chi connectivity index (χ0n) is 13.2. The lowest BCUT2D eigenvalue weighted by atomic mass is 9.91. The molecule has 0 saturated carbocycles. The molecule has 0 unspecified atom stereocenters. The Bertz CT molecular complexity index is 745. The predicted octanol–water partition coefficient (Wildman–Crippen LogP) is 1.69. The molecular weight excluding hydrogens is 332 g/mol. The molecule has 2 aromatic rings. The lowest BCUT2D eigenvalue weighted by Gasteiger charge is -2.35. The van der Waals surface area contributed by atoms with Gasteiger partial charge in [0.25, 0.3) is 0 Å². The first-order valence-corrected chi connectivity index (χ1v) is 8.51. The first kappa shape index (κ1) is 16.7. The second-order valence-electron chi connectivity index (χ2n) is 5.89. The summed E-state index contributed by atoms with van der Waals surface area (Å²) in [6.45, 7) is 2.21. The summed E-state index contributed by atoms with van der Waals surface area (Å²) in [7, 11) is 0. The van der Waals surface area contributed by atoms with Crippen LogP contribution in [0.1, 0.15) is 24.3 Å². The van der Waals surface area contributed by atoms with Crippen molar-refractivity contribution in [1.29, 1.82) is 0 Å². The van der Waals surface area contributed by atoms with Gasteiger partial charge >= 0.3 is 5.97 Å². The summed E-state index contributed by atoms with van der Waals surface area (Å²) < 4.78 is 5.62. The van der Waals surface area contributed by atoms with Gasteiger partial charge in [0.05, 0.1) is 17.0 Å². The first-order chi connectivity index (χ1) is 11.4. The van der Waals surface area contributed by atoms with Crippen molar-refractivity contribution in [3.05, 3.63) is 29.0 Å². The molecule has 3 heterocycles. The van der Waals surface area contributed by atoms with E-state index in [9.17, 15) is 14.7 Å². The number of carboxylic acid groups (broad SMARTS) is 1. The van der Waals surface area contributed by atoms with E-state index in [0.717, 1.165) is 4.88 Å². The van der Waals surface area contributed by atoms with Gasteiger partial charge in [0.15, 0.2) is 5.60 Å². The van der Waals surface area contributed by atoms with Gasteiger partial charge in [-0.3, -0.25) is 4.79 Å². The summed E-state index contributed by atoms with van der Waals surface area (Å²) in [6, 6.07) is 3.81. The Hall–Kier alpha value is -2.19. The summed E-state index contributed by atoms with van der Waals surface area (Å²) in [6.07, 6.45) is 0.171. The summed E-state index contributed by atoms with van der Waals surface area (Å²) in [5, 5.41) is 20.9. The average molecular weight is 350 g/mol. The van der Waals surface area contributed by atoms with Crippen molar-refractivity contribution in [1.82, 2.24) is 9.88 Å². The van der Waals surface area contributed by atoms with Crippen molar-refractivity contribution in [3.63, 3.8) is 0 Å². The van der Waals surface area contributed by atoms with Gasteiger partial charge in [-0.15, -0.1) is 11.3 Å². The fraction of sp³-hybridized carbons (Fsp3) is 0.438. The molecule has 0 aromatic carbocycles. The minimum absolute atomic E-state index is 0.0340. The molecule has 1 saturated heterocycles. The quantitative estimate of drug-likeness (QED) is 0.870. The SMILES string of the molecule is Cc1oc(-c2cccs2)nc1CC(=O)N1CCC(O)(C(=O)O)CC1. The van der Waals surface area contributed by atoms with Crippen molar-refractivity contribution >= 4 is 23.2 Å². The fourth-order valence-corrected chi connectivity index (χ4v) is 3.34. The maximum Gasteiger partial charge on any atom is 0.335 e. The minimum atomic E-state index is -1.73. The predicted molar refractivity (Wildman–Crippen MR) is 86.7 cm³/mol. The molecule has 128 valence electrons. The maximum atomic E-state index is 12.4. The van der Waals surface area contributed by atoms with Gasteiger partial charge in [-0.05, 0) is 18.4 Å². The number of thiophene rings is 1. The van der Waals surface area contributed by atoms with E-state index in [4.69, 9.17) is 9.52 Å². The Morgan fingerprint density at radius 1 is 1.42 bits per heavy atom. The monoisotopic (exact) mass is 350 g/mol. The van der Waals surface area contributed by atoms with Crippen molar-refractivity contribution in [2.24, 2.45) is 0 Å². The Morgan fingerprint density at radius 3 is 2.71 bits per heavy atom. The Morgan fingerprint density at radius 2 is 2.12 bits per heavy atom. The number of hydrogen-bond donors (Lipinski definition) is 2. The molecule has 3 rings (SSSR count). The standard InChI is InChI=1S/C16H18N2O5S/c1-10-11(17-14(23-10)12-3-2-8-24-12)9-13(19)18-6-4-16(22,5-7-18)15(20)21/h2-3,8,22H,4-7,9H2,1H3,(H,20,21). The summed E-state index contributed by atoms with van der Waals surface area (Å²) >= 11 is 1.51. The van der Waals surface area contributed by atoms with Crippen LogP contribution >= 0.6 is 11.3 Å². The van der Waals surface area contributed by atoms with Crippen LogP contribution in [0.15, 0.2) is 21.9 Å². The van der Waals surface area contributed by atoms with Crippen LogP contribution in [-0.2, 0) is 16.0 Å². The number of nitrogens with zero attached hydrogens (tertiary/aromatic N) is 2. The molecule has 7 nitrogen and oxygen atoms in total. The van der Waals surface area contributed by atoms with Gasteiger partial charge in [-0.25, -0.2) is 9.78 Å². The zero-order valence-corrected chi connectivity index (χ0v) is 14.0. The second-order valence-corrected chi connectivity index (χ2v) is 6.84. The lowest BCUT2D eigenvalue weighted by molar-refractivity contribution is -0.165. The molecule has 1 aliphatic heterocycles. The third-order valence-electron chi connectivity index (χ3n) is 4.28. The third-order valence-corrected chi connectivity index (χ3v) is 5.14. The van der Waals surface area contributed by atoms with E-state index < -0.39 is 11.6 Å². The van der Waals surface area contributed by atoms with E-state index in [1.807, 2.05) is 17.5 Å². The highest BCUT2D eigenvalue weighted by Gasteiger charge is 2.40. The summed E-state index contributed by atoms with van der Waals surface area (Å²) in [5.41, 5.74) is -1.14. The second kappa shape index (κ2) is 6.37. The third kappa shape index (κ3) is 3.20. The van der Waals surface area contributed by atoms with E-state index in [0.29, 0.717) is 17.3 Å². The number of carbonyl (C=O) groups is 2. The van der Waals surface area contributed by atoms with Gasteiger partial charge in [0.1, 0.15) is 5.76 Å². The average Bonchev–Trinajstić information content (AvgIpc) is 3.18. The van der Waals surface area contributed by atoms with E-state index >= 15 is 0 Å². The van der Waals surface area contributed by atoms with Crippen molar-refractivity contribution in [3.8, 4) is 10.8 Å². The highest BCUT2D eigenvalue weighted by atomic mass is 32.1. The van der Waals surface area contributed by atoms with Crippen LogP contribution in [-0.4, -0.2) is 50.7 Å². The van der Waals surface area contributed by atoms with Gasteiger partial charge in [0, 0.05) is 25.9 Å². The number of hydrogen-bond acceptors (Lipinski definition) is 6. The van der Waals surface area contributed by atoms with Crippen LogP contribution in [0.3, 0.4) is 0 Å². The Balaban J connectivity index is 1.65. The van der Waals surface area contributed by atoms with E-state index in [1.165, 1.54) is 11.3 Å². The van der Waals surface area contributed by atoms with E-state index in [2.05, 4.69) is 4.98 Å². The number of aliphatic hydroxyl groups is 1. The number of oxazole rings is 1. The molecule has 2 aromatic heterocycles. The van der Waals surface area contributed by atoms with Gasteiger partial charge in [-0.1, -0.05) is 6.07 Å².